The van der Waals surface area contributed by atoms with Crippen molar-refractivity contribution in [2.75, 3.05) is 5.32 Å². The second-order valence-corrected chi connectivity index (χ2v) is 7.21. The number of anilines is 1. The van der Waals surface area contributed by atoms with Crippen molar-refractivity contribution in [1.82, 2.24) is 14.8 Å². The van der Waals surface area contributed by atoms with Gasteiger partial charge in [0.25, 0.3) is 0 Å². The number of rotatable bonds is 5. The van der Waals surface area contributed by atoms with E-state index in [2.05, 4.69) is 20.1 Å². The van der Waals surface area contributed by atoms with E-state index in [9.17, 15) is 13.6 Å². The van der Waals surface area contributed by atoms with E-state index < -0.39 is 18.6 Å². The van der Waals surface area contributed by atoms with Crippen molar-refractivity contribution in [1.29, 1.82) is 0 Å². The van der Waals surface area contributed by atoms with Crippen LogP contribution in [0.15, 0.2) is 41.9 Å². The number of allylic oxidation sites excluding steroid dienone is 1. The number of hydrogen-bond donors (Lipinski definition) is 1. The molecule has 4 rings (SSSR count). The van der Waals surface area contributed by atoms with Gasteiger partial charge < -0.3 is 14.8 Å². The van der Waals surface area contributed by atoms with Gasteiger partial charge in [0.05, 0.1) is 5.57 Å². The molecule has 9 heteroatoms. The smallest absolute Gasteiger partial charge is 0.387 e. The van der Waals surface area contributed by atoms with E-state index in [1.807, 2.05) is 0 Å². The summed E-state index contributed by atoms with van der Waals surface area (Å²) in [5.74, 6) is 0.138. The fraction of sp³-hybridized carbons (Fsp3) is 0.450. The lowest BCUT2D eigenvalue weighted by molar-refractivity contribution is -0.146. The normalized spacial score (nSPS) is 19.7. The molecule has 29 heavy (non-hydrogen) atoms. The number of halogens is 2. The number of benzene rings is 1. The lowest BCUT2D eigenvalue weighted by Crippen LogP contribution is -2.32. The van der Waals surface area contributed by atoms with Gasteiger partial charge in [-0.2, -0.15) is 18.9 Å². The van der Waals surface area contributed by atoms with Crippen LogP contribution < -0.4 is 10.1 Å². The van der Waals surface area contributed by atoms with Crippen molar-refractivity contribution >= 4 is 11.9 Å². The van der Waals surface area contributed by atoms with Crippen molar-refractivity contribution < 1.29 is 23.0 Å². The predicted molar refractivity (Wildman–Crippen MR) is 101 cm³/mol. The zero-order chi connectivity index (χ0) is 20.4. The van der Waals surface area contributed by atoms with Crippen LogP contribution in [0, 0.1) is 0 Å². The van der Waals surface area contributed by atoms with Crippen LogP contribution in [0.2, 0.25) is 0 Å². The molecular formula is C20H22F2N4O3. The molecule has 1 aliphatic carbocycles. The SMILES string of the molecule is CC1=C(C(=O)OC2CCCCC2)C(c2ccc(OC(F)F)cc2)n2ncnc2N1. The van der Waals surface area contributed by atoms with Crippen LogP contribution in [0.3, 0.4) is 0 Å². The summed E-state index contributed by atoms with van der Waals surface area (Å²) < 4.78 is 36.7. The Morgan fingerprint density at radius 2 is 1.93 bits per heavy atom. The first-order valence-electron chi connectivity index (χ1n) is 9.66. The molecule has 1 atom stereocenters. The van der Waals surface area contributed by atoms with Crippen molar-refractivity contribution in [2.24, 2.45) is 0 Å². The Balaban J connectivity index is 1.65. The van der Waals surface area contributed by atoms with Gasteiger partial charge in [-0.05, 0) is 50.3 Å². The molecule has 1 unspecified atom stereocenters. The Hall–Kier alpha value is -2.97. The van der Waals surface area contributed by atoms with Crippen LogP contribution in [-0.4, -0.2) is 33.4 Å². The molecule has 0 radical (unpaired) electrons. The maximum absolute atomic E-state index is 13.1. The topological polar surface area (TPSA) is 78.3 Å². The third-order valence-corrected chi connectivity index (χ3v) is 5.26. The summed E-state index contributed by atoms with van der Waals surface area (Å²) >= 11 is 0. The predicted octanol–water partition coefficient (Wildman–Crippen LogP) is 4.04. The molecule has 1 saturated carbocycles. The number of carbonyl (C=O) groups is 1. The molecule has 0 spiro atoms. The molecule has 1 N–H and O–H groups in total. The van der Waals surface area contributed by atoms with Crippen LogP contribution in [-0.2, 0) is 9.53 Å². The summed E-state index contributed by atoms with van der Waals surface area (Å²) in [7, 11) is 0. The largest absolute Gasteiger partial charge is 0.459 e. The molecule has 0 saturated heterocycles. The minimum absolute atomic E-state index is 0.0449. The van der Waals surface area contributed by atoms with Crippen LogP contribution >= 0.6 is 0 Å². The molecular weight excluding hydrogens is 382 g/mol. The fourth-order valence-electron chi connectivity index (χ4n) is 3.89. The zero-order valence-electron chi connectivity index (χ0n) is 16.0. The Kier molecular flexibility index (Phi) is 5.46. The Morgan fingerprint density at radius 3 is 2.62 bits per heavy atom. The highest BCUT2D eigenvalue weighted by molar-refractivity contribution is 5.92. The molecule has 0 bridgehead atoms. The van der Waals surface area contributed by atoms with Gasteiger partial charge in [0, 0.05) is 5.70 Å². The van der Waals surface area contributed by atoms with Gasteiger partial charge in [-0.25, -0.2) is 9.48 Å². The highest BCUT2D eigenvalue weighted by Crippen LogP contribution is 2.36. The Bertz CT molecular complexity index is 905. The Labute approximate surface area is 166 Å². The van der Waals surface area contributed by atoms with E-state index in [0.717, 1.165) is 32.1 Å². The average Bonchev–Trinajstić information content (AvgIpc) is 3.16. The average molecular weight is 404 g/mol. The maximum Gasteiger partial charge on any atom is 0.387 e. The molecule has 1 aromatic heterocycles. The van der Waals surface area contributed by atoms with Gasteiger partial charge in [0.2, 0.25) is 5.95 Å². The Morgan fingerprint density at radius 1 is 1.21 bits per heavy atom. The van der Waals surface area contributed by atoms with E-state index in [0.29, 0.717) is 22.8 Å². The van der Waals surface area contributed by atoms with Crippen molar-refractivity contribution in [3.8, 4) is 5.75 Å². The first-order valence-corrected chi connectivity index (χ1v) is 9.66. The van der Waals surface area contributed by atoms with Crippen LogP contribution in [0.4, 0.5) is 14.7 Å². The molecule has 1 aliphatic heterocycles. The van der Waals surface area contributed by atoms with E-state index in [1.165, 1.54) is 18.5 Å². The number of ether oxygens (including phenoxy) is 2. The third kappa shape index (κ3) is 4.08. The van der Waals surface area contributed by atoms with Crippen molar-refractivity contribution in [3.63, 3.8) is 0 Å². The van der Waals surface area contributed by atoms with E-state index in [1.54, 1.807) is 23.7 Å². The highest BCUT2D eigenvalue weighted by atomic mass is 19.3. The van der Waals surface area contributed by atoms with Gasteiger partial charge in [-0.1, -0.05) is 18.6 Å². The number of fused-ring (bicyclic) bond motifs is 1. The van der Waals surface area contributed by atoms with Gasteiger partial charge in [0.15, 0.2) is 0 Å². The summed E-state index contributed by atoms with van der Waals surface area (Å²) in [4.78, 5) is 17.3. The second kappa shape index (κ2) is 8.18. The van der Waals surface area contributed by atoms with Crippen LogP contribution in [0.1, 0.15) is 50.6 Å². The lowest BCUT2D eigenvalue weighted by Gasteiger charge is -2.30. The maximum atomic E-state index is 13.1. The zero-order valence-corrected chi connectivity index (χ0v) is 16.0. The van der Waals surface area contributed by atoms with E-state index >= 15 is 0 Å². The minimum atomic E-state index is -2.90. The highest BCUT2D eigenvalue weighted by Gasteiger charge is 2.35. The van der Waals surface area contributed by atoms with E-state index in [-0.39, 0.29) is 11.9 Å². The number of carbonyl (C=O) groups excluding carboxylic acids is 1. The molecule has 2 heterocycles. The fourth-order valence-corrected chi connectivity index (χ4v) is 3.89. The van der Waals surface area contributed by atoms with Gasteiger partial charge in [0.1, 0.15) is 24.2 Å². The molecule has 2 aliphatic rings. The third-order valence-electron chi connectivity index (χ3n) is 5.26. The lowest BCUT2D eigenvalue weighted by atomic mass is 9.95. The first-order chi connectivity index (χ1) is 14.0. The van der Waals surface area contributed by atoms with Crippen LogP contribution in [0.25, 0.3) is 0 Å². The van der Waals surface area contributed by atoms with Crippen LogP contribution in [0.5, 0.6) is 5.75 Å². The molecule has 1 fully saturated rings. The number of nitrogens with one attached hydrogen (secondary N) is 1. The van der Waals surface area contributed by atoms with Gasteiger partial charge in [-0.15, -0.1) is 0 Å². The summed E-state index contributed by atoms with van der Waals surface area (Å²) in [5, 5.41) is 7.34. The van der Waals surface area contributed by atoms with E-state index in [4.69, 9.17) is 4.74 Å². The number of nitrogens with zero attached hydrogens (tertiary/aromatic N) is 3. The standard InChI is InChI=1S/C20H22F2N4O3/c1-12-16(18(27)28-14-5-3-2-4-6-14)17(26-20(25-12)23-11-24-26)13-7-9-15(10-8-13)29-19(21)22/h7-11,14,17,19H,2-6H2,1H3,(H,23,24,25). The molecule has 154 valence electrons. The minimum Gasteiger partial charge on any atom is -0.459 e. The molecule has 2 aromatic rings. The first kappa shape index (κ1) is 19.4. The number of aromatic nitrogens is 3. The summed E-state index contributed by atoms with van der Waals surface area (Å²) in [5.41, 5.74) is 1.75. The summed E-state index contributed by atoms with van der Waals surface area (Å²) in [6.07, 6.45) is 6.31. The number of alkyl halides is 2. The molecule has 0 amide bonds. The van der Waals surface area contributed by atoms with Crippen molar-refractivity contribution in [3.05, 3.63) is 47.4 Å². The molecule has 7 nitrogen and oxygen atoms in total. The number of hydrogen-bond acceptors (Lipinski definition) is 6. The quantitative estimate of drug-likeness (QED) is 0.758. The monoisotopic (exact) mass is 404 g/mol. The molecule has 1 aromatic carbocycles. The summed E-state index contributed by atoms with van der Waals surface area (Å²) in [6, 6.07) is 5.59. The van der Waals surface area contributed by atoms with Gasteiger partial charge >= 0.3 is 12.6 Å². The van der Waals surface area contributed by atoms with Gasteiger partial charge in [-0.3, -0.25) is 0 Å². The second-order valence-electron chi connectivity index (χ2n) is 7.21. The number of esters is 1. The summed E-state index contributed by atoms with van der Waals surface area (Å²) in [6.45, 7) is -1.11. The van der Waals surface area contributed by atoms with Crippen molar-refractivity contribution in [2.45, 2.75) is 57.8 Å².